The molecule has 0 aromatic heterocycles. The van der Waals surface area contributed by atoms with Gasteiger partial charge in [0.15, 0.2) is 0 Å². The van der Waals surface area contributed by atoms with Gasteiger partial charge in [-0.25, -0.2) is 4.39 Å². The highest BCUT2D eigenvalue weighted by Crippen LogP contribution is 2.49. The van der Waals surface area contributed by atoms with Gasteiger partial charge in [-0.15, -0.1) is 0 Å². The first kappa shape index (κ1) is 14.0. The van der Waals surface area contributed by atoms with Crippen LogP contribution in [0.25, 0.3) is 0 Å². The number of halogens is 1. The number of fused-ring (bicyclic) bond motifs is 3. The molecule has 0 fully saturated rings. The first-order chi connectivity index (χ1) is 11.1. The van der Waals surface area contributed by atoms with E-state index in [0.717, 1.165) is 23.2 Å². The standard InChI is InChI=1S/C19H16FNO2/c20-13-7-4-11(5-8-13)18-15-3-1-2-14(15)16-10-12(19(22)23)6-9-17(16)21-18/h1-2,4-10,14-15,18,21H,3H2,(H,22,23)/p-1/t14-,15+,18-/m0/s1. The zero-order chi connectivity index (χ0) is 16.0. The number of anilines is 1. The normalized spacial score (nSPS) is 24.7. The second kappa shape index (κ2) is 5.23. The Bertz CT molecular complexity index is 798. The fourth-order valence-electron chi connectivity index (χ4n) is 3.72. The molecule has 3 nitrogen and oxygen atoms in total. The van der Waals surface area contributed by atoms with Crippen LogP contribution in [-0.2, 0) is 0 Å². The number of carboxylic acids is 1. The number of aromatic carboxylic acids is 1. The zero-order valence-corrected chi connectivity index (χ0v) is 12.3. The van der Waals surface area contributed by atoms with E-state index >= 15 is 0 Å². The summed E-state index contributed by atoms with van der Waals surface area (Å²) >= 11 is 0. The third kappa shape index (κ3) is 2.31. The van der Waals surface area contributed by atoms with Crippen molar-refractivity contribution >= 4 is 11.7 Å². The zero-order valence-electron chi connectivity index (χ0n) is 12.3. The molecular formula is C19H15FNO2-. The van der Waals surface area contributed by atoms with E-state index < -0.39 is 5.97 Å². The van der Waals surface area contributed by atoms with Gasteiger partial charge in [0.2, 0.25) is 0 Å². The van der Waals surface area contributed by atoms with Crippen LogP contribution in [0.4, 0.5) is 10.1 Å². The molecule has 4 rings (SSSR count). The topological polar surface area (TPSA) is 52.2 Å². The van der Waals surface area contributed by atoms with Crippen LogP contribution in [0.15, 0.2) is 54.6 Å². The Kier molecular flexibility index (Phi) is 3.18. The Morgan fingerprint density at radius 3 is 2.70 bits per heavy atom. The SMILES string of the molecule is O=C([O-])c1ccc2c(c1)[C@H]1C=CC[C@H]1[C@H](c1ccc(F)cc1)N2. The summed E-state index contributed by atoms with van der Waals surface area (Å²) in [5, 5.41) is 14.6. The molecule has 2 aromatic rings. The Morgan fingerprint density at radius 1 is 1.17 bits per heavy atom. The third-order valence-electron chi connectivity index (χ3n) is 4.83. The molecule has 0 amide bonds. The fraction of sp³-hybridized carbons (Fsp3) is 0.211. The maximum Gasteiger partial charge on any atom is 0.123 e. The molecule has 4 heteroatoms. The van der Waals surface area contributed by atoms with Crippen LogP contribution in [0.5, 0.6) is 0 Å². The van der Waals surface area contributed by atoms with Crippen LogP contribution in [0.2, 0.25) is 0 Å². The summed E-state index contributed by atoms with van der Waals surface area (Å²) in [6.45, 7) is 0. The van der Waals surface area contributed by atoms with Gasteiger partial charge >= 0.3 is 0 Å². The average Bonchev–Trinajstić information content (AvgIpc) is 3.04. The molecule has 2 aromatic carbocycles. The monoisotopic (exact) mass is 308 g/mol. The van der Waals surface area contributed by atoms with Gasteiger partial charge in [-0.2, -0.15) is 0 Å². The molecule has 1 aliphatic heterocycles. The highest BCUT2D eigenvalue weighted by molar-refractivity contribution is 5.87. The molecule has 1 heterocycles. The number of allylic oxidation sites excluding steroid dienone is 2. The summed E-state index contributed by atoms with van der Waals surface area (Å²) in [5.41, 5.74) is 3.16. The van der Waals surface area contributed by atoms with Crippen molar-refractivity contribution in [1.29, 1.82) is 0 Å². The van der Waals surface area contributed by atoms with Crippen molar-refractivity contribution in [2.75, 3.05) is 5.32 Å². The number of carbonyl (C=O) groups excluding carboxylic acids is 1. The Labute approximate surface area is 133 Å². The van der Waals surface area contributed by atoms with E-state index in [9.17, 15) is 14.3 Å². The van der Waals surface area contributed by atoms with E-state index in [-0.39, 0.29) is 23.3 Å². The van der Waals surface area contributed by atoms with Crippen LogP contribution >= 0.6 is 0 Å². The highest BCUT2D eigenvalue weighted by Gasteiger charge is 2.37. The van der Waals surface area contributed by atoms with E-state index in [2.05, 4.69) is 17.5 Å². The number of carboxylic acid groups (broad SMARTS) is 1. The predicted octanol–water partition coefficient (Wildman–Crippen LogP) is 3.02. The van der Waals surface area contributed by atoms with Crippen LogP contribution in [0, 0.1) is 11.7 Å². The minimum absolute atomic E-state index is 0.0805. The summed E-state index contributed by atoms with van der Waals surface area (Å²) < 4.78 is 13.2. The third-order valence-corrected chi connectivity index (χ3v) is 4.83. The van der Waals surface area contributed by atoms with Gasteiger partial charge in [0.25, 0.3) is 0 Å². The van der Waals surface area contributed by atoms with Crippen molar-refractivity contribution in [3.63, 3.8) is 0 Å². The molecule has 0 bridgehead atoms. The summed E-state index contributed by atoms with van der Waals surface area (Å²) in [6, 6.07) is 11.7. The fourth-order valence-corrected chi connectivity index (χ4v) is 3.72. The van der Waals surface area contributed by atoms with Crippen molar-refractivity contribution in [2.45, 2.75) is 18.4 Å². The Hall–Kier alpha value is -2.62. The number of hydrogen-bond donors (Lipinski definition) is 1. The minimum atomic E-state index is -1.16. The van der Waals surface area contributed by atoms with Crippen molar-refractivity contribution < 1.29 is 14.3 Å². The van der Waals surface area contributed by atoms with Crippen LogP contribution in [-0.4, -0.2) is 5.97 Å². The second-order valence-corrected chi connectivity index (χ2v) is 6.12. The Balaban J connectivity index is 1.77. The first-order valence-corrected chi connectivity index (χ1v) is 7.67. The van der Waals surface area contributed by atoms with Gasteiger partial charge in [-0.1, -0.05) is 30.4 Å². The molecule has 0 radical (unpaired) electrons. The lowest BCUT2D eigenvalue weighted by atomic mass is 9.76. The number of rotatable bonds is 2. The number of nitrogens with one attached hydrogen (secondary N) is 1. The molecule has 2 aliphatic rings. The quantitative estimate of drug-likeness (QED) is 0.868. The van der Waals surface area contributed by atoms with Crippen molar-refractivity contribution in [1.82, 2.24) is 0 Å². The van der Waals surface area contributed by atoms with E-state index in [1.54, 1.807) is 18.2 Å². The molecule has 116 valence electrons. The van der Waals surface area contributed by atoms with Gasteiger partial charge in [0, 0.05) is 11.6 Å². The number of carbonyl (C=O) groups is 1. The van der Waals surface area contributed by atoms with Gasteiger partial charge in [-0.05, 0) is 53.3 Å². The molecule has 23 heavy (non-hydrogen) atoms. The summed E-state index contributed by atoms with van der Waals surface area (Å²) in [4.78, 5) is 11.1. The predicted molar refractivity (Wildman–Crippen MR) is 83.5 cm³/mol. The molecule has 1 N–H and O–H groups in total. The van der Waals surface area contributed by atoms with E-state index in [4.69, 9.17) is 0 Å². The highest BCUT2D eigenvalue weighted by atomic mass is 19.1. The van der Waals surface area contributed by atoms with Gasteiger partial charge in [0.1, 0.15) is 5.82 Å². The second-order valence-electron chi connectivity index (χ2n) is 6.12. The largest absolute Gasteiger partial charge is 0.545 e. The average molecular weight is 308 g/mol. The van der Waals surface area contributed by atoms with Crippen LogP contribution in [0.3, 0.4) is 0 Å². The van der Waals surface area contributed by atoms with Crippen LogP contribution in [0.1, 0.15) is 39.9 Å². The van der Waals surface area contributed by atoms with Crippen molar-refractivity contribution in [3.05, 3.63) is 77.1 Å². The number of hydrogen-bond acceptors (Lipinski definition) is 3. The molecule has 0 unspecified atom stereocenters. The molecular weight excluding hydrogens is 293 g/mol. The van der Waals surface area contributed by atoms with Crippen molar-refractivity contribution in [3.8, 4) is 0 Å². The molecule has 3 atom stereocenters. The summed E-state index contributed by atoms with van der Waals surface area (Å²) in [7, 11) is 0. The molecule has 0 saturated heterocycles. The molecule has 0 saturated carbocycles. The lowest BCUT2D eigenvalue weighted by molar-refractivity contribution is -0.255. The van der Waals surface area contributed by atoms with E-state index in [0.29, 0.717) is 5.92 Å². The molecule has 1 aliphatic carbocycles. The lowest BCUT2D eigenvalue weighted by Crippen LogP contribution is -2.30. The number of benzene rings is 2. The van der Waals surface area contributed by atoms with Gasteiger partial charge in [-0.3, -0.25) is 0 Å². The minimum Gasteiger partial charge on any atom is -0.545 e. The van der Waals surface area contributed by atoms with Gasteiger partial charge < -0.3 is 15.2 Å². The first-order valence-electron chi connectivity index (χ1n) is 7.67. The smallest absolute Gasteiger partial charge is 0.123 e. The summed E-state index contributed by atoms with van der Waals surface area (Å²) in [6.07, 6.45) is 5.18. The maximum atomic E-state index is 13.2. The van der Waals surface area contributed by atoms with Crippen molar-refractivity contribution in [2.24, 2.45) is 5.92 Å². The Morgan fingerprint density at radius 2 is 1.96 bits per heavy atom. The summed E-state index contributed by atoms with van der Waals surface area (Å²) in [5.74, 6) is -0.942. The lowest BCUT2D eigenvalue weighted by Gasteiger charge is -2.37. The molecule has 0 spiro atoms. The maximum absolute atomic E-state index is 13.2. The van der Waals surface area contributed by atoms with E-state index in [1.807, 2.05) is 12.1 Å². The van der Waals surface area contributed by atoms with Gasteiger partial charge in [0.05, 0.1) is 12.0 Å². The van der Waals surface area contributed by atoms with E-state index in [1.165, 1.54) is 12.1 Å². The van der Waals surface area contributed by atoms with Crippen LogP contribution < -0.4 is 10.4 Å².